The van der Waals surface area contributed by atoms with E-state index in [0.29, 0.717) is 12.2 Å². The Kier molecular flexibility index (Phi) is 3.25. The van der Waals surface area contributed by atoms with Gasteiger partial charge in [-0.2, -0.15) is 5.10 Å². The number of aromatic nitrogens is 2. The zero-order chi connectivity index (χ0) is 14.2. The molecule has 6 heteroatoms. The third kappa shape index (κ3) is 2.29. The van der Waals surface area contributed by atoms with Crippen LogP contribution in [-0.4, -0.2) is 14.7 Å². The van der Waals surface area contributed by atoms with E-state index in [-0.39, 0.29) is 11.5 Å². The molecule has 2 aromatic rings. The van der Waals surface area contributed by atoms with Gasteiger partial charge in [0.1, 0.15) is 5.69 Å². The van der Waals surface area contributed by atoms with Crippen LogP contribution in [0.1, 0.15) is 22.4 Å². The van der Waals surface area contributed by atoms with Crippen molar-refractivity contribution in [1.29, 1.82) is 0 Å². The van der Waals surface area contributed by atoms with Gasteiger partial charge >= 0.3 is 5.69 Å². The second-order valence-corrected chi connectivity index (χ2v) is 4.60. The highest BCUT2D eigenvalue weighted by molar-refractivity contribution is 5.56. The van der Waals surface area contributed by atoms with E-state index in [9.17, 15) is 10.1 Å². The van der Waals surface area contributed by atoms with Gasteiger partial charge in [-0.1, -0.05) is 18.2 Å². The molecule has 0 bridgehead atoms. The van der Waals surface area contributed by atoms with Crippen molar-refractivity contribution in [3.8, 4) is 0 Å². The van der Waals surface area contributed by atoms with Crippen LogP contribution in [0.4, 0.5) is 11.5 Å². The largest absolute Gasteiger partial charge is 0.378 e. The second-order valence-electron chi connectivity index (χ2n) is 4.60. The molecule has 1 aromatic carbocycles. The zero-order valence-corrected chi connectivity index (χ0v) is 11.2. The molecule has 0 fully saturated rings. The molecule has 100 valence electrons. The molecule has 0 saturated carbocycles. The van der Waals surface area contributed by atoms with E-state index >= 15 is 0 Å². The van der Waals surface area contributed by atoms with Gasteiger partial charge < -0.3 is 5.73 Å². The maximum Gasteiger partial charge on any atom is 0.333 e. The van der Waals surface area contributed by atoms with Crippen molar-refractivity contribution >= 4 is 11.5 Å². The number of rotatable bonds is 3. The van der Waals surface area contributed by atoms with Gasteiger partial charge in [-0.25, -0.2) is 4.68 Å². The number of aryl methyl sites for hydroxylation is 3. The lowest BCUT2D eigenvalue weighted by molar-refractivity contribution is -0.384. The van der Waals surface area contributed by atoms with Gasteiger partial charge in [-0.15, -0.1) is 0 Å². The number of nitrogens with two attached hydrogens (primary N) is 1. The minimum absolute atomic E-state index is 0.102. The molecule has 1 heterocycles. The number of nitrogens with zero attached hydrogens (tertiary/aromatic N) is 3. The first-order valence-corrected chi connectivity index (χ1v) is 5.94. The first-order chi connectivity index (χ1) is 8.91. The molecule has 6 nitrogen and oxygen atoms in total. The molecule has 2 rings (SSSR count). The third-order valence-electron chi connectivity index (χ3n) is 3.27. The van der Waals surface area contributed by atoms with Crippen LogP contribution in [0, 0.1) is 30.9 Å². The Bertz CT molecular complexity index is 626. The Morgan fingerprint density at radius 2 is 1.89 bits per heavy atom. The summed E-state index contributed by atoms with van der Waals surface area (Å²) < 4.78 is 1.49. The summed E-state index contributed by atoms with van der Waals surface area (Å²) in [5.41, 5.74) is 9.38. The number of nitrogen functional groups attached to an aromatic ring is 1. The number of nitro groups is 1. The van der Waals surface area contributed by atoms with Gasteiger partial charge in [0.05, 0.1) is 11.5 Å². The lowest BCUT2D eigenvalue weighted by atomic mass is 10.0. The van der Waals surface area contributed by atoms with Gasteiger partial charge in [0.25, 0.3) is 0 Å². The van der Waals surface area contributed by atoms with Crippen LogP contribution in [0.3, 0.4) is 0 Å². The Balaban J connectivity index is 2.45. The molecule has 0 unspecified atom stereocenters. The van der Waals surface area contributed by atoms with Crippen LogP contribution >= 0.6 is 0 Å². The van der Waals surface area contributed by atoms with E-state index in [1.165, 1.54) is 4.68 Å². The van der Waals surface area contributed by atoms with Crippen molar-refractivity contribution in [2.24, 2.45) is 0 Å². The average Bonchev–Trinajstić information content (AvgIpc) is 2.59. The molecule has 0 atom stereocenters. The second kappa shape index (κ2) is 4.72. The fourth-order valence-electron chi connectivity index (χ4n) is 2.18. The summed E-state index contributed by atoms with van der Waals surface area (Å²) in [6, 6.07) is 5.99. The normalized spacial score (nSPS) is 10.7. The van der Waals surface area contributed by atoms with E-state index in [1.54, 1.807) is 6.92 Å². The van der Waals surface area contributed by atoms with Crippen LogP contribution in [-0.2, 0) is 6.54 Å². The lowest BCUT2D eigenvalue weighted by Crippen LogP contribution is -2.09. The van der Waals surface area contributed by atoms with Crippen LogP contribution < -0.4 is 5.73 Å². The molecule has 19 heavy (non-hydrogen) atoms. The number of hydrogen-bond acceptors (Lipinski definition) is 4. The third-order valence-corrected chi connectivity index (χ3v) is 3.27. The lowest BCUT2D eigenvalue weighted by Gasteiger charge is -2.10. The minimum atomic E-state index is -0.487. The molecule has 0 amide bonds. The summed E-state index contributed by atoms with van der Waals surface area (Å²) in [7, 11) is 0. The van der Waals surface area contributed by atoms with Gasteiger partial charge in [-0.05, 0) is 37.5 Å². The average molecular weight is 260 g/mol. The Morgan fingerprint density at radius 1 is 1.32 bits per heavy atom. The predicted octanol–water partition coefficient (Wildman–Crippen LogP) is 2.35. The summed E-state index contributed by atoms with van der Waals surface area (Å²) >= 11 is 0. The monoisotopic (exact) mass is 260 g/mol. The molecular weight excluding hydrogens is 244 g/mol. The molecule has 0 aliphatic carbocycles. The van der Waals surface area contributed by atoms with Crippen LogP contribution in [0.2, 0.25) is 0 Å². The highest BCUT2D eigenvalue weighted by Crippen LogP contribution is 2.26. The van der Waals surface area contributed by atoms with Crippen molar-refractivity contribution in [3.05, 3.63) is 50.7 Å². The molecule has 0 spiro atoms. The molecule has 0 radical (unpaired) electrons. The van der Waals surface area contributed by atoms with Gasteiger partial charge in [-0.3, -0.25) is 10.1 Å². The fourth-order valence-corrected chi connectivity index (χ4v) is 2.18. The predicted molar refractivity (Wildman–Crippen MR) is 73.0 cm³/mol. The summed E-state index contributed by atoms with van der Waals surface area (Å²) in [6.45, 7) is 6.04. The summed E-state index contributed by atoms with van der Waals surface area (Å²) in [4.78, 5) is 10.4. The maximum atomic E-state index is 10.9. The van der Waals surface area contributed by atoms with E-state index in [0.717, 1.165) is 16.7 Å². The fraction of sp³-hybridized carbons (Fsp3) is 0.308. The van der Waals surface area contributed by atoms with Crippen molar-refractivity contribution < 1.29 is 4.92 Å². The molecule has 1 aromatic heterocycles. The highest BCUT2D eigenvalue weighted by atomic mass is 16.6. The quantitative estimate of drug-likeness (QED) is 0.677. The van der Waals surface area contributed by atoms with E-state index in [2.05, 4.69) is 5.10 Å². The zero-order valence-electron chi connectivity index (χ0n) is 11.2. The van der Waals surface area contributed by atoms with Crippen molar-refractivity contribution in [2.75, 3.05) is 5.73 Å². The summed E-state index contributed by atoms with van der Waals surface area (Å²) in [6.07, 6.45) is 0. The van der Waals surface area contributed by atoms with E-state index in [4.69, 9.17) is 5.73 Å². The molecule has 0 aliphatic heterocycles. The SMILES string of the molecule is Cc1cccc(C)c1Cn1nc(C)c([N+](=O)[O-])c1N. The number of hydrogen-bond donors (Lipinski definition) is 1. The first kappa shape index (κ1) is 13.1. The van der Waals surface area contributed by atoms with Crippen LogP contribution in [0.5, 0.6) is 0 Å². The smallest absolute Gasteiger partial charge is 0.333 e. The Morgan fingerprint density at radius 3 is 2.37 bits per heavy atom. The van der Waals surface area contributed by atoms with Gasteiger partial charge in [0, 0.05) is 0 Å². The Labute approximate surface area is 111 Å². The van der Waals surface area contributed by atoms with Crippen LogP contribution in [0.25, 0.3) is 0 Å². The van der Waals surface area contributed by atoms with Gasteiger partial charge in [0.15, 0.2) is 0 Å². The minimum Gasteiger partial charge on any atom is -0.378 e. The van der Waals surface area contributed by atoms with Crippen LogP contribution in [0.15, 0.2) is 18.2 Å². The highest BCUT2D eigenvalue weighted by Gasteiger charge is 2.23. The number of anilines is 1. The molecule has 0 aliphatic rings. The summed E-state index contributed by atoms with van der Waals surface area (Å²) in [5.74, 6) is 0.102. The molecular formula is C13H16N4O2. The summed E-state index contributed by atoms with van der Waals surface area (Å²) in [5, 5.41) is 15.1. The first-order valence-electron chi connectivity index (χ1n) is 5.94. The Hall–Kier alpha value is -2.37. The maximum absolute atomic E-state index is 10.9. The van der Waals surface area contributed by atoms with Gasteiger partial charge in [0.2, 0.25) is 5.82 Å². The topological polar surface area (TPSA) is 87.0 Å². The van der Waals surface area contributed by atoms with E-state index < -0.39 is 4.92 Å². The van der Waals surface area contributed by atoms with Crippen molar-refractivity contribution in [2.45, 2.75) is 27.3 Å². The van der Waals surface area contributed by atoms with Crippen molar-refractivity contribution in [1.82, 2.24) is 9.78 Å². The standard InChI is InChI=1S/C13H16N4O2/c1-8-5-4-6-9(2)11(8)7-16-13(14)12(17(18)19)10(3)15-16/h4-6H,7,14H2,1-3H3. The van der Waals surface area contributed by atoms with E-state index in [1.807, 2.05) is 32.0 Å². The number of benzene rings is 1. The molecule has 0 saturated heterocycles. The molecule has 2 N–H and O–H groups in total. The van der Waals surface area contributed by atoms with Crippen molar-refractivity contribution in [3.63, 3.8) is 0 Å².